The predicted octanol–water partition coefficient (Wildman–Crippen LogP) is 2.40. The Morgan fingerprint density at radius 3 is 2.78 bits per heavy atom. The van der Waals surface area contributed by atoms with Crippen molar-refractivity contribution in [2.45, 2.75) is 25.4 Å². The average molecular weight is 351 g/mol. The van der Waals surface area contributed by atoms with Crippen molar-refractivity contribution in [1.82, 2.24) is 10.3 Å². The molecule has 2 aromatic rings. The van der Waals surface area contributed by atoms with E-state index in [-0.39, 0.29) is 17.9 Å². The number of carbonyl (C=O) groups is 2. The lowest BCUT2D eigenvalue weighted by molar-refractivity contribution is 0.0949. The smallest absolute Gasteiger partial charge is 0.275 e. The minimum Gasteiger partial charge on any atom is -0.349 e. The van der Waals surface area contributed by atoms with Crippen molar-refractivity contribution in [3.63, 3.8) is 0 Å². The molecule has 1 heterocycles. The second-order valence-electron chi connectivity index (χ2n) is 5.23. The first-order valence-electron chi connectivity index (χ1n) is 7.13. The Morgan fingerprint density at radius 2 is 2.13 bits per heavy atom. The summed E-state index contributed by atoms with van der Waals surface area (Å²) < 4.78 is 0. The maximum absolute atomic E-state index is 12.2. The van der Waals surface area contributed by atoms with Gasteiger partial charge < -0.3 is 16.4 Å². The van der Waals surface area contributed by atoms with Crippen LogP contribution in [0.2, 0.25) is 5.02 Å². The number of rotatable bonds is 5. The van der Waals surface area contributed by atoms with Gasteiger partial charge >= 0.3 is 0 Å². The van der Waals surface area contributed by atoms with Gasteiger partial charge in [0.05, 0.1) is 10.6 Å². The molecule has 0 unspecified atom stereocenters. The molecule has 6 nitrogen and oxygen atoms in total. The number of benzene rings is 1. The van der Waals surface area contributed by atoms with E-state index in [0.717, 1.165) is 12.8 Å². The first-order chi connectivity index (χ1) is 11.1. The summed E-state index contributed by atoms with van der Waals surface area (Å²) in [5, 5.41) is 8.27. The molecule has 2 amide bonds. The van der Waals surface area contributed by atoms with Crippen LogP contribution >= 0.6 is 22.9 Å². The van der Waals surface area contributed by atoms with Gasteiger partial charge in [-0.2, -0.15) is 0 Å². The second kappa shape index (κ2) is 6.66. The van der Waals surface area contributed by atoms with Crippen molar-refractivity contribution < 1.29 is 9.59 Å². The van der Waals surface area contributed by atoms with E-state index < -0.39 is 0 Å². The number of halogens is 1. The molecule has 1 aromatic carbocycles. The monoisotopic (exact) mass is 350 g/mol. The number of hydrogen-bond acceptors (Lipinski definition) is 5. The highest BCUT2D eigenvalue weighted by Crippen LogP contribution is 2.24. The van der Waals surface area contributed by atoms with E-state index in [2.05, 4.69) is 15.6 Å². The van der Waals surface area contributed by atoms with Crippen LogP contribution < -0.4 is 16.4 Å². The van der Waals surface area contributed by atoms with Crippen LogP contribution in [0.5, 0.6) is 0 Å². The van der Waals surface area contributed by atoms with Gasteiger partial charge in [-0.15, -0.1) is 11.3 Å². The topological polar surface area (TPSA) is 97.1 Å². The van der Waals surface area contributed by atoms with Crippen molar-refractivity contribution in [2.75, 3.05) is 5.32 Å². The van der Waals surface area contributed by atoms with Gasteiger partial charge in [0.2, 0.25) is 0 Å². The lowest BCUT2D eigenvalue weighted by Crippen LogP contribution is -2.25. The molecule has 8 heteroatoms. The molecular weight excluding hydrogens is 336 g/mol. The minimum absolute atomic E-state index is 0.229. The van der Waals surface area contributed by atoms with Gasteiger partial charge in [0.25, 0.3) is 11.8 Å². The zero-order chi connectivity index (χ0) is 16.4. The molecule has 120 valence electrons. The van der Waals surface area contributed by atoms with E-state index in [1.807, 2.05) is 0 Å². The van der Waals surface area contributed by atoms with E-state index in [9.17, 15) is 9.59 Å². The summed E-state index contributed by atoms with van der Waals surface area (Å²) in [7, 11) is 0. The maximum Gasteiger partial charge on any atom is 0.275 e. The Hall–Kier alpha value is -1.96. The van der Waals surface area contributed by atoms with Gasteiger partial charge in [0, 0.05) is 23.7 Å². The quantitative estimate of drug-likeness (QED) is 0.771. The van der Waals surface area contributed by atoms with Crippen LogP contribution in [0.4, 0.5) is 5.69 Å². The van der Waals surface area contributed by atoms with Crippen molar-refractivity contribution in [3.8, 4) is 0 Å². The summed E-state index contributed by atoms with van der Waals surface area (Å²) in [6.45, 7) is 0.296. The molecule has 0 radical (unpaired) electrons. The lowest BCUT2D eigenvalue weighted by Gasteiger charge is -2.09. The van der Waals surface area contributed by atoms with E-state index >= 15 is 0 Å². The molecule has 4 N–H and O–H groups in total. The zero-order valence-electron chi connectivity index (χ0n) is 12.1. The van der Waals surface area contributed by atoms with Crippen molar-refractivity contribution >= 4 is 40.4 Å². The summed E-state index contributed by atoms with van der Waals surface area (Å²) in [5.74, 6) is -0.579. The largest absolute Gasteiger partial charge is 0.349 e. The first-order valence-corrected chi connectivity index (χ1v) is 8.39. The zero-order valence-corrected chi connectivity index (χ0v) is 13.7. The Morgan fingerprint density at radius 1 is 1.35 bits per heavy atom. The molecule has 1 aromatic heterocycles. The lowest BCUT2D eigenvalue weighted by atomic mass is 10.2. The fourth-order valence-electron chi connectivity index (χ4n) is 1.97. The van der Waals surface area contributed by atoms with E-state index in [0.29, 0.717) is 33.5 Å². The number of hydrogen-bond donors (Lipinski definition) is 3. The van der Waals surface area contributed by atoms with E-state index in [1.54, 1.807) is 23.6 Å². The standard InChI is InChI=1S/C15H15ClN4O2S/c16-11-4-3-9(5-10(11)14(21)18-8-1-2-8)19-15(22)12-7-23-13(6-17)20-12/h3-5,7-8H,1-2,6,17H2,(H,18,21)(H,19,22). The summed E-state index contributed by atoms with van der Waals surface area (Å²) in [5.41, 5.74) is 6.62. The summed E-state index contributed by atoms with van der Waals surface area (Å²) >= 11 is 7.40. The average Bonchev–Trinajstić information content (AvgIpc) is 3.21. The van der Waals surface area contributed by atoms with Crippen molar-refractivity contribution in [3.05, 3.63) is 44.9 Å². The molecule has 0 aliphatic heterocycles. The fourth-order valence-corrected chi connectivity index (χ4v) is 2.83. The molecule has 0 spiro atoms. The van der Waals surface area contributed by atoms with Crippen LogP contribution in [-0.2, 0) is 6.54 Å². The number of nitrogens with two attached hydrogens (primary N) is 1. The Balaban J connectivity index is 1.74. The summed E-state index contributed by atoms with van der Waals surface area (Å²) in [6.07, 6.45) is 1.99. The number of nitrogens with one attached hydrogen (secondary N) is 2. The number of thiazole rings is 1. The number of nitrogens with zero attached hydrogens (tertiary/aromatic N) is 1. The normalized spacial score (nSPS) is 13.7. The van der Waals surface area contributed by atoms with Crippen LogP contribution in [0.1, 0.15) is 38.7 Å². The fraction of sp³-hybridized carbons (Fsp3) is 0.267. The predicted molar refractivity (Wildman–Crippen MR) is 89.9 cm³/mol. The van der Waals surface area contributed by atoms with E-state index in [4.69, 9.17) is 17.3 Å². The highest BCUT2D eigenvalue weighted by molar-refractivity contribution is 7.09. The molecule has 1 aliphatic carbocycles. The SMILES string of the molecule is NCc1nc(C(=O)Nc2ccc(Cl)c(C(=O)NC3CC3)c2)cs1. The summed E-state index contributed by atoms with van der Waals surface area (Å²) in [6, 6.07) is 5.03. The second-order valence-corrected chi connectivity index (χ2v) is 6.58. The first kappa shape index (κ1) is 15.9. The number of anilines is 1. The Bertz CT molecular complexity index is 758. The number of amides is 2. The molecule has 0 saturated heterocycles. The molecule has 0 atom stereocenters. The summed E-state index contributed by atoms with van der Waals surface area (Å²) in [4.78, 5) is 28.4. The van der Waals surface area contributed by atoms with E-state index in [1.165, 1.54) is 11.3 Å². The third kappa shape index (κ3) is 3.87. The van der Waals surface area contributed by atoms with Crippen LogP contribution in [0.3, 0.4) is 0 Å². The molecule has 3 rings (SSSR count). The van der Waals surface area contributed by atoms with Gasteiger partial charge in [-0.3, -0.25) is 9.59 Å². The van der Waals surface area contributed by atoms with Crippen LogP contribution in [0.25, 0.3) is 0 Å². The Kier molecular flexibility index (Phi) is 4.61. The number of carbonyl (C=O) groups excluding carboxylic acids is 2. The molecule has 1 saturated carbocycles. The number of aromatic nitrogens is 1. The van der Waals surface area contributed by atoms with Crippen LogP contribution in [0, 0.1) is 0 Å². The molecule has 23 heavy (non-hydrogen) atoms. The molecule has 1 fully saturated rings. The van der Waals surface area contributed by atoms with Gasteiger partial charge in [-0.05, 0) is 31.0 Å². The van der Waals surface area contributed by atoms with Gasteiger partial charge in [-0.25, -0.2) is 4.98 Å². The van der Waals surface area contributed by atoms with Crippen molar-refractivity contribution in [2.24, 2.45) is 5.73 Å². The van der Waals surface area contributed by atoms with Gasteiger partial charge in [0.15, 0.2) is 0 Å². The van der Waals surface area contributed by atoms with Crippen molar-refractivity contribution in [1.29, 1.82) is 0 Å². The maximum atomic E-state index is 12.2. The van der Waals surface area contributed by atoms with Crippen LogP contribution in [0.15, 0.2) is 23.6 Å². The molecule has 1 aliphatic rings. The van der Waals surface area contributed by atoms with Gasteiger partial charge in [-0.1, -0.05) is 11.6 Å². The minimum atomic E-state index is -0.350. The molecular formula is C15H15ClN4O2S. The highest BCUT2D eigenvalue weighted by atomic mass is 35.5. The third-order valence-corrected chi connectivity index (χ3v) is 4.54. The third-order valence-electron chi connectivity index (χ3n) is 3.34. The Labute approximate surface area is 142 Å². The molecule has 0 bridgehead atoms. The van der Waals surface area contributed by atoms with Crippen LogP contribution in [-0.4, -0.2) is 22.8 Å². The van der Waals surface area contributed by atoms with Gasteiger partial charge in [0.1, 0.15) is 10.7 Å². The highest BCUT2D eigenvalue weighted by Gasteiger charge is 2.25.